The van der Waals surface area contributed by atoms with Crippen LogP contribution in [0.3, 0.4) is 0 Å². The Morgan fingerprint density at radius 3 is 2.61 bits per heavy atom. The quantitative estimate of drug-likeness (QED) is 0.809. The van der Waals surface area contributed by atoms with Gasteiger partial charge in [-0.15, -0.1) is 0 Å². The van der Waals surface area contributed by atoms with E-state index in [1.54, 1.807) is 0 Å². The van der Waals surface area contributed by atoms with Gasteiger partial charge in [-0.05, 0) is 18.6 Å². The predicted octanol–water partition coefficient (Wildman–Crippen LogP) is 1.17. The van der Waals surface area contributed by atoms with E-state index in [0.29, 0.717) is 5.13 Å². The highest BCUT2D eigenvalue weighted by Crippen LogP contribution is 2.25. The van der Waals surface area contributed by atoms with E-state index in [-0.39, 0.29) is 12.2 Å². The second kappa shape index (κ2) is 7.05. The van der Waals surface area contributed by atoms with Gasteiger partial charge in [-0.1, -0.05) is 23.5 Å². The van der Waals surface area contributed by atoms with E-state index in [1.165, 1.54) is 18.3 Å². The Balaban J connectivity index is 2.10. The van der Waals surface area contributed by atoms with Gasteiger partial charge in [0.05, 0.1) is 16.0 Å². The largest absolute Gasteiger partial charge is 0.345 e. The average Bonchev–Trinajstić information content (AvgIpc) is 2.84. The van der Waals surface area contributed by atoms with Gasteiger partial charge in [-0.2, -0.15) is 0 Å². The molecule has 7 nitrogen and oxygen atoms in total. The van der Waals surface area contributed by atoms with Crippen molar-refractivity contribution in [1.29, 1.82) is 0 Å². The molecule has 2 N–H and O–H groups in total. The lowest BCUT2D eigenvalue weighted by atomic mass is 10.2. The second-order valence-corrected chi connectivity index (χ2v) is 8.44. The van der Waals surface area contributed by atoms with Gasteiger partial charge in [-0.25, -0.2) is 13.4 Å². The minimum Gasteiger partial charge on any atom is -0.345 e. The highest BCUT2D eigenvalue weighted by Gasteiger charge is 2.22. The van der Waals surface area contributed by atoms with E-state index in [1.807, 2.05) is 24.3 Å². The van der Waals surface area contributed by atoms with Crippen LogP contribution in [0.1, 0.15) is 13.3 Å². The van der Waals surface area contributed by atoms with Crippen molar-refractivity contribution < 1.29 is 18.0 Å². The number of para-hydroxylation sites is 1. The highest BCUT2D eigenvalue weighted by atomic mass is 32.2. The molecule has 1 unspecified atom stereocenters. The Kier molecular flexibility index (Phi) is 5.32. The lowest BCUT2D eigenvalue weighted by Crippen LogP contribution is -2.43. The maximum absolute atomic E-state index is 12.3. The monoisotopic (exact) mass is 355 g/mol. The fourth-order valence-corrected chi connectivity index (χ4v) is 3.50. The Bertz CT molecular complexity index is 796. The molecule has 0 fully saturated rings. The van der Waals surface area contributed by atoms with E-state index in [0.717, 1.165) is 16.5 Å². The third kappa shape index (κ3) is 5.29. The molecule has 0 aliphatic heterocycles. The lowest BCUT2D eigenvalue weighted by Gasteiger charge is -2.16. The van der Waals surface area contributed by atoms with Crippen LogP contribution < -0.4 is 10.6 Å². The van der Waals surface area contributed by atoms with Crippen molar-refractivity contribution in [2.75, 3.05) is 17.3 Å². The van der Waals surface area contributed by atoms with Crippen molar-refractivity contribution in [3.63, 3.8) is 0 Å². The maximum Gasteiger partial charge on any atom is 0.248 e. The van der Waals surface area contributed by atoms with Crippen molar-refractivity contribution in [3.8, 4) is 0 Å². The molecule has 0 aliphatic rings. The van der Waals surface area contributed by atoms with E-state index in [4.69, 9.17) is 0 Å². The molecule has 0 aliphatic carbocycles. The number of thiazole rings is 1. The van der Waals surface area contributed by atoms with Gasteiger partial charge < -0.3 is 10.6 Å². The van der Waals surface area contributed by atoms with Crippen LogP contribution in [0.25, 0.3) is 10.2 Å². The number of nitrogens with zero attached hydrogens (tertiary/aromatic N) is 1. The summed E-state index contributed by atoms with van der Waals surface area (Å²) in [5.41, 5.74) is 0.764. The van der Waals surface area contributed by atoms with Crippen LogP contribution >= 0.6 is 11.3 Å². The van der Waals surface area contributed by atoms with E-state index in [2.05, 4.69) is 15.6 Å². The number of aromatic nitrogens is 1. The zero-order chi connectivity index (χ0) is 17.0. The zero-order valence-electron chi connectivity index (χ0n) is 12.7. The fraction of sp³-hybridized carbons (Fsp3) is 0.357. The molecule has 1 heterocycles. The van der Waals surface area contributed by atoms with Gasteiger partial charge in [-0.3, -0.25) is 9.59 Å². The molecule has 2 aromatic rings. The van der Waals surface area contributed by atoms with Gasteiger partial charge in [0.2, 0.25) is 11.8 Å². The third-order valence-corrected chi connectivity index (χ3v) is 4.92. The van der Waals surface area contributed by atoms with Crippen LogP contribution in [0.2, 0.25) is 0 Å². The Morgan fingerprint density at radius 1 is 1.30 bits per heavy atom. The van der Waals surface area contributed by atoms with Crippen LogP contribution in [0, 0.1) is 0 Å². The number of benzene rings is 1. The van der Waals surface area contributed by atoms with Gasteiger partial charge in [0.25, 0.3) is 0 Å². The molecule has 23 heavy (non-hydrogen) atoms. The molecule has 1 aromatic carbocycles. The molecule has 9 heteroatoms. The number of amides is 2. The molecule has 0 radical (unpaired) electrons. The van der Waals surface area contributed by atoms with Crippen molar-refractivity contribution in [3.05, 3.63) is 24.3 Å². The third-order valence-electron chi connectivity index (χ3n) is 3.00. The number of rotatable bonds is 6. The van der Waals surface area contributed by atoms with Crippen molar-refractivity contribution in [2.24, 2.45) is 0 Å². The number of nitrogens with one attached hydrogen (secondary N) is 2. The van der Waals surface area contributed by atoms with E-state index >= 15 is 0 Å². The van der Waals surface area contributed by atoms with Crippen LogP contribution in [-0.4, -0.2) is 43.3 Å². The summed E-state index contributed by atoms with van der Waals surface area (Å²) >= 11 is 1.31. The number of anilines is 1. The van der Waals surface area contributed by atoms with Crippen LogP contribution in [-0.2, 0) is 19.4 Å². The molecular formula is C14H17N3O4S2. The fourth-order valence-electron chi connectivity index (χ4n) is 1.96. The standard InChI is InChI=1S/C14H17N3O4S2/c1-9(18)15-11(7-8-23(2,20)21)13(19)17-14-16-10-5-3-4-6-12(10)22-14/h3-6,11H,7-8H2,1-2H3,(H,15,18)(H,16,17,19). The summed E-state index contributed by atoms with van der Waals surface area (Å²) in [6.07, 6.45) is 1.10. The summed E-state index contributed by atoms with van der Waals surface area (Å²) in [5, 5.41) is 5.51. The Hall–Kier alpha value is -2.00. The summed E-state index contributed by atoms with van der Waals surface area (Å²) in [7, 11) is -3.23. The van der Waals surface area contributed by atoms with E-state index < -0.39 is 27.7 Å². The normalized spacial score (nSPS) is 12.8. The molecule has 124 valence electrons. The lowest BCUT2D eigenvalue weighted by molar-refractivity contribution is -0.125. The molecule has 1 atom stereocenters. The first-order valence-corrected chi connectivity index (χ1v) is 9.73. The molecule has 0 spiro atoms. The predicted molar refractivity (Wildman–Crippen MR) is 90.2 cm³/mol. The molecule has 2 rings (SSSR count). The summed E-state index contributed by atoms with van der Waals surface area (Å²) in [6, 6.07) is 6.51. The van der Waals surface area contributed by atoms with Gasteiger partial charge in [0.1, 0.15) is 15.9 Å². The van der Waals surface area contributed by atoms with Gasteiger partial charge in [0, 0.05) is 13.2 Å². The second-order valence-electron chi connectivity index (χ2n) is 5.15. The Labute approximate surface area is 138 Å². The van der Waals surface area contributed by atoms with Crippen molar-refractivity contribution >= 4 is 48.3 Å². The number of sulfone groups is 1. The minimum absolute atomic E-state index is 0.00907. The van der Waals surface area contributed by atoms with Crippen molar-refractivity contribution in [1.82, 2.24) is 10.3 Å². The molecule has 0 bridgehead atoms. The number of fused-ring (bicyclic) bond motifs is 1. The SMILES string of the molecule is CC(=O)NC(CCS(C)(=O)=O)C(=O)Nc1nc2ccccc2s1. The minimum atomic E-state index is -3.23. The summed E-state index contributed by atoms with van der Waals surface area (Å²) < 4.78 is 23.5. The topological polar surface area (TPSA) is 105 Å². The summed E-state index contributed by atoms with van der Waals surface area (Å²) in [6.45, 7) is 1.28. The zero-order valence-corrected chi connectivity index (χ0v) is 14.3. The molecule has 0 saturated heterocycles. The van der Waals surface area contributed by atoms with E-state index in [9.17, 15) is 18.0 Å². The van der Waals surface area contributed by atoms with Crippen LogP contribution in [0.5, 0.6) is 0 Å². The van der Waals surface area contributed by atoms with Gasteiger partial charge >= 0.3 is 0 Å². The van der Waals surface area contributed by atoms with Gasteiger partial charge in [0.15, 0.2) is 5.13 Å². The number of carbonyl (C=O) groups excluding carboxylic acids is 2. The Morgan fingerprint density at radius 2 is 2.00 bits per heavy atom. The van der Waals surface area contributed by atoms with Crippen LogP contribution in [0.4, 0.5) is 5.13 Å². The molecule has 1 aromatic heterocycles. The first-order chi connectivity index (χ1) is 10.7. The summed E-state index contributed by atoms with van der Waals surface area (Å²) in [4.78, 5) is 27.8. The molecular weight excluding hydrogens is 338 g/mol. The first-order valence-electron chi connectivity index (χ1n) is 6.86. The smallest absolute Gasteiger partial charge is 0.248 e. The molecule has 2 amide bonds. The van der Waals surface area contributed by atoms with Crippen molar-refractivity contribution in [2.45, 2.75) is 19.4 Å². The average molecular weight is 355 g/mol. The number of carbonyl (C=O) groups is 2. The van der Waals surface area contributed by atoms with Crippen LogP contribution in [0.15, 0.2) is 24.3 Å². The maximum atomic E-state index is 12.3. The summed E-state index contributed by atoms with van der Waals surface area (Å²) in [5.74, 6) is -1.07. The number of hydrogen-bond donors (Lipinski definition) is 2. The first kappa shape index (κ1) is 17.4. The number of hydrogen-bond acceptors (Lipinski definition) is 6. The highest BCUT2D eigenvalue weighted by molar-refractivity contribution is 7.90. The molecule has 0 saturated carbocycles.